The van der Waals surface area contributed by atoms with Crippen molar-refractivity contribution in [3.63, 3.8) is 0 Å². The summed E-state index contributed by atoms with van der Waals surface area (Å²) in [7, 11) is 1.57. The van der Waals surface area contributed by atoms with Gasteiger partial charge in [0.1, 0.15) is 5.75 Å². The highest BCUT2D eigenvalue weighted by atomic mass is 79.9. The Morgan fingerprint density at radius 1 is 1.09 bits per heavy atom. The number of hydrogen-bond donors (Lipinski definition) is 1. The molecule has 1 aliphatic heterocycles. The Morgan fingerprint density at radius 3 is 2.41 bits per heavy atom. The van der Waals surface area contributed by atoms with Gasteiger partial charge in [-0.2, -0.15) is 17.4 Å². The zero-order valence-corrected chi connectivity index (χ0v) is 22.3. The average Bonchev–Trinajstić information content (AvgIpc) is 2.77. The van der Waals surface area contributed by atoms with Gasteiger partial charge in [0.15, 0.2) is 0 Å². The Bertz CT molecular complexity index is 818. The lowest BCUT2D eigenvalue weighted by Gasteiger charge is -2.33. The van der Waals surface area contributed by atoms with Gasteiger partial charge in [-0.25, -0.2) is 0 Å². The van der Waals surface area contributed by atoms with Gasteiger partial charge in [0.25, 0.3) is 10.2 Å². The van der Waals surface area contributed by atoms with Crippen molar-refractivity contribution in [1.29, 1.82) is 0 Å². The minimum atomic E-state index is -3.31. The van der Waals surface area contributed by atoms with E-state index in [1.807, 2.05) is 6.07 Å². The minimum absolute atomic E-state index is 0.0993. The number of benzene rings is 1. The second-order valence-electron chi connectivity index (χ2n) is 9.71. The van der Waals surface area contributed by atoms with Gasteiger partial charge in [0, 0.05) is 24.6 Å². The number of rotatable bonds is 10. The summed E-state index contributed by atoms with van der Waals surface area (Å²) in [6.07, 6.45) is 10.4. The van der Waals surface area contributed by atoms with Crippen LogP contribution in [0.25, 0.3) is 0 Å². The van der Waals surface area contributed by atoms with Crippen LogP contribution >= 0.6 is 15.9 Å². The minimum Gasteiger partial charge on any atom is -0.497 e. The van der Waals surface area contributed by atoms with Crippen LogP contribution in [0.15, 0.2) is 22.7 Å². The average molecular weight is 531 g/mol. The van der Waals surface area contributed by atoms with E-state index in [0.717, 1.165) is 49.7 Å². The number of nitrogens with one attached hydrogen (secondary N) is 1. The first-order valence-electron chi connectivity index (χ1n) is 12.0. The predicted molar refractivity (Wildman–Crippen MR) is 134 cm³/mol. The molecule has 0 spiro atoms. The van der Waals surface area contributed by atoms with Crippen LogP contribution in [0.2, 0.25) is 0 Å². The lowest BCUT2D eigenvalue weighted by atomic mass is 9.83. The molecule has 2 fully saturated rings. The summed E-state index contributed by atoms with van der Waals surface area (Å²) in [5, 5.41) is 0. The number of methoxy groups -OCH3 is 1. The molecule has 3 rings (SSSR count). The third-order valence-electron chi connectivity index (χ3n) is 7.20. The molecular weight excluding hydrogens is 490 g/mol. The second kappa shape index (κ2) is 12.2. The van der Waals surface area contributed by atoms with Crippen molar-refractivity contribution in [2.45, 2.75) is 63.8 Å². The molecule has 1 aromatic rings. The Hall–Kier alpha value is -0.670. The monoisotopic (exact) mass is 529 g/mol. The van der Waals surface area contributed by atoms with E-state index in [1.165, 1.54) is 59.7 Å². The lowest BCUT2D eigenvalue weighted by Crippen LogP contribution is -2.43. The number of nitrogens with zero attached hydrogens (tertiary/aromatic N) is 2. The van der Waals surface area contributed by atoms with E-state index in [2.05, 4.69) is 37.7 Å². The highest BCUT2D eigenvalue weighted by Gasteiger charge is 2.26. The molecule has 0 radical (unpaired) electrons. The molecule has 32 heavy (non-hydrogen) atoms. The number of halogens is 1. The summed E-state index contributed by atoms with van der Waals surface area (Å²) in [5.41, 5.74) is 1.35. The first kappa shape index (κ1) is 25.9. The van der Waals surface area contributed by atoms with Crippen LogP contribution < -0.4 is 9.46 Å². The molecular formula is C24H40BrN3O3S. The Labute approximate surface area is 203 Å². The van der Waals surface area contributed by atoms with Crippen LogP contribution in [0.1, 0.15) is 56.9 Å². The second-order valence-corrected chi connectivity index (χ2v) is 12.5. The standard InChI is InChI=1S/C24H40BrN3O3S/c1-27(2)32(29,30)26-22-8-6-19(7-9-22)5-4-14-28-15-12-20(13-16-28)17-21-18-23(31-3)10-11-24(21)25/h10-11,18-20,22,26H,4-9,12-17H2,1-3H3/t19-,22-. The van der Waals surface area contributed by atoms with Crippen LogP contribution in [-0.2, 0) is 16.6 Å². The third kappa shape index (κ3) is 7.69. The Balaban J connectivity index is 1.31. The van der Waals surface area contributed by atoms with Crippen LogP contribution in [0.3, 0.4) is 0 Å². The molecule has 1 saturated carbocycles. The van der Waals surface area contributed by atoms with Gasteiger partial charge in [0.05, 0.1) is 7.11 Å². The van der Waals surface area contributed by atoms with Crippen molar-refractivity contribution in [2.24, 2.45) is 11.8 Å². The van der Waals surface area contributed by atoms with E-state index in [4.69, 9.17) is 4.74 Å². The lowest BCUT2D eigenvalue weighted by molar-refractivity contribution is 0.174. The molecule has 0 unspecified atom stereocenters. The van der Waals surface area contributed by atoms with E-state index in [1.54, 1.807) is 21.2 Å². The summed E-state index contributed by atoms with van der Waals surface area (Å²) >= 11 is 3.69. The van der Waals surface area contributed by atoms with E-state index in [-0.39, 0.29) is 6.04 Å². The quantitative estimate of drug-likeness (QED) is 0.486. The van der Waals surface area contributed by atoms with Crippen LogP contribution in [0.5, 0.6) is 5.75 Å². The highest BCUT2D eigenvalue weighted by molar-refractivity contribution is 9.10. The zero-order valence-electron chi connectivity index (χ0n) is 19.9. The molecule has 8 heteroatoms. The third-order valence-corrected chi connectivity index (χ3v) is 9.56. The van der Waals surface area contributed by atoms with Gasteiger partial charge in [-0.15, -0.1) is 0 Å². The van der Waals surface area contributed by atoms with Gasteiger partial charge >= 0.3 is 0 Å². The van der Waals surface area contributed by atoms with Crippen molar-refractivity contribution in [3.05, 3.63) is 28.2 Å². The van der Waals surface area contributed by atoms with Gasteiger partial charge in [-0.3, -0.25) is 0 Å². The van der Waals surface area contributed by atoms with Crippen molar-refractivity contribution in [2.75, 3.05) is 40.8 Å². The van der Waals surface area contributed by atoms with Gasteiger partial charge in [-0.05, 0) is 113 Å². The van der Waals surface area contributed by atoms with Crippen LogP contribution in [0.4, 0.5) is 0 Å². The fourth-order valence-electron chi connectivity index (χ4n) is 5.05. The van der Waals surface area contributed by atoms with E-state index in [0.29, 0.717) is 0 Å². The molecule has 1 saturated heterocycles. The van der Waals surface area contributed by atoms with Gasteiger partial charge in [-0.1, -0.05) is 15.9 Å². The molecule has 1 aliphatic carbocycles. The fourth-order valence-corrected chi connectivity index (χ4v) is 6.32. The van der Waals surface area contributed by atoms with Crippen LogP contribution in [0, 0.1) is 11.8 Å². The van der Waals surface area contributed by atoms with Crippen molar-refractivity contribution in [1.82, 2.24) is 13.9 Å². The first-order chi connectivity index (χ1) is 15.3. The smallest absolute Gasteiger partial charge is 0.279 e. The molecule has 0 amide bonds. The van der Waals surface area contributed by atoms with Crippen molar-refractivity contribution in [3.8, 4) is 5.75 Å². The number of hydrogen-bond acceptors (Lipinski definition) is 4. The number of ether oxygens (including phenoxy) is 1. The summed E-state index contributed by atoms with van der Waals surface area (Å²) < 4.78 is 34.7. The van der Waals surface area contributed by atoms with Gasteiger partial charge < -0.3 is 9.64 Å². The summed E-state index contributed by atoms with van der Waals surface area (Å²) in [6, 6.07) is 6.36. The van der Waals surface area contributed by atoms with Crippen molar-refractivity contribution < 1.29 is 13.2 Å². The first-order valence-corrected chi connectivity index (χ1v) is 14.2. The normalized spacial score (nSPS) is 23.5. The molecule has 1 heterocycles. The highest BCUT2D eigenvalue weighted by Crippen LogP contribution is 2.30. The van der Waals surface area contributed by atoms with E-state index >= 15 is 0 Å². The molecule has 0 bridgehead atoms. The van der Waals surface area contributed by atoms with E-state index < -0.39 is 10.2 Å². The zero-order chi connectivity index (χ0) is 23.1. The predicted octanol–water partition coefficient (Wildman–Crippen LogP) is 4.45. The largest absolute Gasteiger partial charge is 0.497 e. The number of likely N-dealkylation sites (tertiary alicyclic amines) is 1. The molecule has 2 aliphatic rings. The summed E-state index contributed by atoms with van der Waals surface area (Å²) in [5.74, 6) is 2.43. The maximum Gasteiger partial charge on any atom is 0.279 e. The molecule has 1 N–H and O–H groups in total. The molecule has 6 nitrogen and oxygen atoms in total. The fraction of sp³-hybridized carbons (Fsp3) is 0.750. The molecule has 0 aromatic heterocycles. The molecule has 1 aromatic carbocycles. The van der Waals surface area contributed by atoms with E-state index in [9.17, 15) is 8.42 Å². The van der Waals surface area contributed by atoms with Crippen molar-refractivity contribution >= 4 is 26.1 Å². The topological polar surface area (TPSA) is 61.9 Å². The maximum atomic E-state index is 12.0. The van der Waals surface area contributed by atoms with Crippen LogP contribution in [-0.4, -0.2) is 64.5 Å². The summed E-state index contributed by atoms with van der Waals surface area (Å²) in [4.78, 5) is 2.63. The van der Waals surface area contributed by atoms with Gasteiger partial charge in [0.2, 0.25) is 0 Å². The molecule has 0 atom stereocenters. The number of piperidine rings is 1. The SMILES string of the molecule is COc1ccc(Br)c(CC2CCN(CCC[C@H]3CC[C@H](NS(=O)(=O)N(C)C)CC3)CC2)c1. The summed E-state index contributed by atoms with van der Waals surface area (Å²) in [6.45, 7) is 3.60. The Morgan fingerprint density at radius 2 is 1.78 bits per heavy atom. The molecule has 182 valence electrons. The maximum absolute atomic E-state index is 12.0. The Kier molecular flexibility index (Phi) is 9.85.